The van der Waals surface area contributed by atoms with E-state index in [0.717, 1.165) is 16.8 Å². The summed E-state index contributed by atoms with van der Waals surface area (Å²) in [7, 11) is 0. The molecule has 1 amide bonds. The van der Waals surface area contributed by atoms with Gasteiger partial charge < -0.3 is 0 Å². The van der Waals surface area contributed by atoms with Gasteiger partial charge in [0.05, 0.1) is 10.6 Å². The minimum absolute atomic E-state index is 0.169. The molecule has 0 unspecified atom stereocenters. The van der Waals surface area contributed by atoms with Crippen LogP contribution in [0.5, 0.6) is 0 Å². The second-order valence-corrected chi connectivity index (χ2v) is 5.71. The molecule has 0 aliphatic carbocycles. The van der Waals surface area contributed by atoms with Gasteiger partial charge >= 0.3 is 0 Å². The Morgan fingerprint density at radius 3 is 2.67 bits per heavy atom. The molecule has 2 heterocycles. The number of amidine groups is 1. The molecule has 1 aromatic heterocycles. The Balaban J connectivity index is 1.92. The van der Waals surface area contributed by atoms with Crippen molar-refractivity contribution in [3.8, 4) is 0 Å². The van der Waals surface area contributed by atoms with Crippen LogP contribution < -0.4 is 4.90 Å². The molecule has 4 nitrogen and oxygen atoms in total. The molecule has 0 spiro atoms. The van der Waals surface area contributed by atoms with Crippen LogP contribution in [0.25, 0.3) is 6.08 Å². The molecule has 3 rings (SSSR count). The van der Waals surface area contributed by atoms with Gasteiger partial charge in [0.2, 0.25) is 0 Å². The van der Waals surface area contributed by atoms with E-state index in [1.165, 1.54) is 16.7 Å². The third kappa shape index (κ3) is 2.73. The summed E-state index contributed by atoms with van der Waals surface area (Å²) in [6, 6.07) is 11.3. The van der Waals surface area contributed by atoms with Gasteiger partial charge in [-0.2, -0.15) is 0 Å². The van der Waals surface area contributed by atoms with E-state index >= 15 is 0 Å². The number of thioether (sulfide) groups is 1. The first-order valence-corrected chi connectivity index (χ1v) is 7.26. The second kappa shape index (κ2) is 5.54. The largest absolute Gasteiger partial charge is 0.278 e. The zero-order valence-corrected chi connectivity index (χ0v) is 12.2. The predicted molar refractivity (Wildman–Crippen MR) is 86.2 cm³/mol. The van der Waals surface area contributed by atoms with Crippen molar-refractivity contribution < 1.29 is 4.79 Å². The standard InChI is InChI=1S/C16H13N3OS/c1-11-4-6-13(7-5-11)19-15(20)14(21-16(19)17)9-12-3-2-8-18-10-12/h2-10,17H,1H3/b14-9-,17-16?. The quantitative estimate of drug-likeness (QED) is 0.863. The minimum atomic E-state index is -0.169. The highest BCUT2D eigenvalue weighted by Gasteiger charge is 2.33. The number of carbonyl (C=O) groups is 1. The van der Waals surface area contributed by atoms with Gasteiger partial charge in [-0.1, -0.05) is 23.8 Å². The van der Waals surface area contributed by atoms with E-state index in [2.05, 4.69) is 4.98 Å². The van der Waals surface area contributed by atoms with Gasteiger partial charge in [-0.25, -0.2) is 0 Å². The fourth-order valence-corrected chi connectivity index (χ4v) is 2.89. The Morgan fingerprint density at radius 1 is 1.24 bits per heavy atom. The number of aryl methyl sites for hydroxylation is 1. The van der Waals surface area contributed by atoms with Crippen LogP contribution >= 0.6 is 11.8 Å². The Kier molecular flexibility index (Phi) is 3.58. The Hall–Kier alpha value is -2.40. The summed E-state index contributed by atoms with van der Waals surface area (Å²) in [5.41, 5.74) is 2.69. The van der Waals surface area contributed by atoms with E-state index in [9.17, 15) is 4.79 Å². The molecule has 21 heavy (non-hydrogen) atoms. The molecular weight excluding hydrogens is 282 g/mol. The molecule has 1 aliphatic heterocycles. The zero-order chi connectivity index (χ0) is 14.8. The molecule has 104 valence electrons. The fourth-order valence-electron chi connectivity index (χ4n) is 2.03. The van der Waals surface area contributed by atoms with E-state index in [0.29, 0.717) is 4.91 Å². The summed E-state index contributed by atoms with van der Waals surface area (Å²) in [5.74, 6) is -0.169. The molecule has 1 aliphatic rings. The predicted octanol–water partition coefficient (Wildman–Crippen LogP) is 3.45. The summed E-state index contributed by atoms with van der Waals surface area (Å²) < 4.78 is 0. The van der Waals surface area contributed by atoms with E-state index in [4.69, 9.17) is 5.41 Å². The van der Waals surface area contributed by atoms with Gasteiger partial charge in [0, 0.05) is 12.4 Å². The molecule has 1 saturated heterocycles. The summed E-state index contributed by atoms with van der Waals surface area (Å²) in [4.78, 5) is 18.5. The molecule has 0 bridgehead atoms. The molecule has 1 aromatic carbocycles. The highest BCUT2D eigenvalue weighted by Crippen LogP contribution is 2.35. The van der Waals surface area contributed by atoms with Crippen LogP contribution in [0.15, 0.2) is 53.7 Å². The number of carbonyl (C=O) groups excluding carboxylic acids is 1. The van der Waals surface area contributed by atoms with Crippen LogP contribution in [0.2, 0.25) is 0 Å². The Labute approximate surface area is 127 Å². The van der Waals surface area contributed by atoms with Crippen LogP contribution in [0.1, 0.15) is 11.1 Å². The van der Waals surface area contributed by atoms with Crippen molar-refractivity contribution in [1.82, 2.24) is 4.98 Å². The lowest BCUT2D eigenvalue weighted by Gasteiger charge is -2.14. The zero-order valence-electron chi connectivity index (χ0n) is 11.4. The molecular formula is C16H13N3OS. The normalized spacial score (nSPS) is 16.8. The van der Waals surface area contributed by atoms with Crippen LogP contribution in [0, 0.1) is 12.3 Å². The number of pyridine rings is 1. The first kappa shape index (κ1) is 13.6. The number of nitrogens with one attached hydrogen (secondary N) is 1. The van der Waals surface area contributed by atoms with Crippen molar-refractivity contribution >= 4 is 34.6 Å². The van der Waals surface area contributed by atoms with Crippen molar-refractivity contribution in [3.05, 3.63) is 64.8 Å². The van der Waals surface area contributed by atoms with E-state index in [1.54, 1.807) is 18.5 Å². The number of amides is 1. The molecule has 0 radical (unpaired) electrons. The average molecular weight is 295 g/mol. The van der Waals surface area contributed by atoms with Crippen LogP contribution in [0.3, 0.4) is 0 Å². The lowest BCUT2D eigenvalue weighted by Crippen LogP contribution is -2.28. The van der Waals surface area contributed by atoms with Gasteiger partial charge in [0.15, 0.2) is 5.17 Å². The molecule has 1 N–H and O–H groups in total. The maximum atomic E-state index is 12.5. The van der Waals surface area contributed by atoms with Gasteiger partial charge in [0.25, 0.3) is 5.91 Å². The van der Waals surface area contributed by atoms with Crippen molar-refractivity contribution in [1.29, 1.82) is 5.41 Å². The number of aromatic nitrogens is 1. The number of hydrogen-bond acceptors (Lipinski definition) is 4. The molecule has 5 heteroatoms. The molecule has 0 saturated carbocycles. The van der Waals surface area contributed by atoms with Crippen LogP contribution in [0.4, 0.5) is 5.69 Å². The summed E-state index contributed by atoms with van der Waals surface area (Å²) in [5, 5.41) is 8.26. The SMILES string of the molecule is Cc1ccc(N2C(=N)S/C(=C\c3cccnc3)C2=O)cc1. The molecule has 0 atom stereocenters. The van der Waals surface area contributed by atoms with Gasteiger partial charge in [-0.05, 0) is 48.5 Å². The van der Waals surface area contributed by atoms with Crippen LogP contribution in [-0.2, 0) is 4.79 Å². The highest BCUT2D eigenvalue weighted by atomic mass is 32.2. The van der Waals surface area contributed by atoms with E-state index in [-0.39, 0.29) is 11.1 Å². The van der Waals surface area contributed by atoms with Crippen molar-refractivity contribution in [2.24, 2.45) is 0 Å². The Morgan fingerprint density at radius 2 is 2.00 bits per heavy atom. The fraction of sp³-hybridized carbons (Fsp3) is 0.0625. The topological polar surface area (TPSA) is 57.1 Å². The summed E-state index contributed by atoms with van der Waals surface area (Å²) in [6.07, 6.45) is 5.15. The number of benzene rings is 1. The van der Waals surface area contributed by atoms with Crippen LogP contribution in [-0.4, -0.2) is 16.1 Å². The van der Waals surface area contributed by atoms with E-state index in [1.807, 2.05) is 43.3 Å². The lowest BCUT2D eigenvalue weighted by molar-refractivity contribution is -0.113. The van der Waals surface area contributed by atoms with Gasteiger partial charge in [0.1, 0.15) is 0 Å². The van der Waals surface area contributed by atoms with Gasteiger partial charge in [-0.15, -0.1) is 0 Å². The number of nitrogens with zero attached hydrogens (tertiary/aromatic N) is 2. The minimum Gasteiger partial charge on any atom is -0.278 e. The van der Waals surface area contributed by atoms with E-state index < -0.39 is 0 Å². The van der Waals surface area contributed by atoms with Crippen molar-refractivity contribution in [2.45, 2.75) is 6.92 Å². The molecule has 1 fully saturated rings. The van der Waals surface area contributed by atoms with Crippen molar-refractivity contribution in [2.75, 3.05) is 4.90 Å². The summed E-state index contributed by atoms with van der Waals surface area (Å²) in [6.45, 7) is 1.99. The summed E-state index contributed by atoms with van der Waals surface area (Å²) >= 11 is 1.17. The maximum Gasteiger partial charge on any atom is 0.271 e. The maximum absolute atomic E-state index is 12.5. The Bertz CT molecular complexity index is 723. The first-order valence-electron chi connectivity index (χ1n) is 6.44. The number of anilines is 1. The third-order valence-corrected chi connectivity index (χ3v) is 3.99. The smallest absolute Gasteiger partial charge is 0.271 e. The number of hydrogen-bond donors (Lipinski definition) is 1. The highest BCUT2D eigenvalue weighted by molar-refractivity contribution is 8.19. The second-order valence-electron chi connectivity index (χ2n) is 4.68. The molecule has 2 aromatic rings. The first-order chi connectivity index (χ1) is 10.1. The van der Waals surface area contributed by atoms with Gasteiger partial charge in [-0.3, -0.25) is 20.1 Å². The third-order valence-electron chi connectivity index (χ3n) is 3.10. The van der Waals surface area contributed by atoms with Crippen molar-refractivity contribution in [3.63, 3.8) is 0 Å². The lowest BCUT2D eigenvalue weighted by atomic mass is 10.2. The monoisotopic (exact) mass is 295 g/mol. The average Bonchev–Trinajstić information content (AvgIpc) is 2.76. The number of rotatable bonds is 2.